The normalized spacial score (nSPS) is 9.00. The van der Waals surface area contributed by atoms with Gasteiger partial charge in [0, 0.05) is 13.0 Å². The Kier molecular flexibility index (Phi) is 5.13. The van der Waals surface area contributed by atoms with Gasteiger partial charge in [0.1, 0.15) is 12.2 Å². The van der Waals surface area contributed by atoms with Crippen molar-refractivity contribution in [3.63, 3.8) is 0 Å². The zero-order valence-corrected chi connectivity index (χ0v) is 10.2. The van der Waals surface area contributed by atoms with Crippen LogP contribution in [-0.4, -0.2) is 16.3 Å². The van der Waals surface area contributed by atoms with E-state index in [0.29, 0.717) is 18.7 Å². The van der Waals surface area contributed by atoms with Crippen molar-refractivity contribution >= 4 is 17.3 Å². The summed E-state index contributed by atoms with van der Waals surface area (Å²) >= 11 is 5.89. The molecule has 0 saturated carbocycles. The number of hydrogen-bond donors (Lipinski definition) is 1. The van der Waals surface area contributed by atoms with Crippen LogP contribution in [-0.2, 0) is 6.54 Å². The predicted molar refractivity (Wildman–Crippen MR) is 68.9 cm³/mol. The predicted octanol–water partition coefficient (Wildman–Crippen LogP) is 1.36. The lowest BCUT2D eigenvalue weighted by Gasteiger charge is -2.07. The molecule has 1 aromatic heterocycles. The van der Waals surface area contributed by atoms with Crippen molar-refractivity contribution < 1.29 is 0 Å². The van der Waals surface area contributed by atoms with Gasteiger partial charge in [0.2, 0.25) is 0 Å². The van der Waals surface area contributed by atoms with Gasteiger partial charge in [-0.1, -0.05) is 17.5 Å². The number of hydrogen-bond acceptors (Lipinski definition) is 3. The highest BCUT2D eigenvalue weighted by Crippen LogP contribution is 2.14. The van der Waals surface area contributed by atoms with Crippen LogP contribution in [0.1, 0.15) is 13.3 Å². The molecule has 0 atom stereocenters. The molecule has 1 rings (SSSR count). The Hall–Kier alpha value is -1.91. The largest absolute Gasteiger partial charge is 0.378 e. The van der Waals surface area contributed by atoms with Crippen LogP contribution >= 0.6 is 11.6 Å². The molecule has 88 valence electrons. The van der Waals surface area contributed by atoms with Crippen LogP contribution in [0.3, 0.4) is 0 Å². The van der Waals surface area contributed by atoms with Gasteiger partial charge in [-0.05, 0) is 6.92 Å². The summed E-state index contributed by atoms with van der Waals surface area (Å²) in [6, 6.07) is 0. The molecule has 5 heteroatoms. The molecule has 0 fully saturated rings. The highest BCUT2D eigenvalue weighted by molar-refractivity contribution is 6.32. The third kappa shape index (κ3) is 3.55. The van der Waals surface area contributed by atoms with Crippen LogP contribution in [0, 0.1) is 24.2 Å². The lowest BCUT2D eigenvalue weighted by Crippen LogP contribution is -2.26. The van der Waals surface area contributed by atoms with E-state index in [9.17, 15) is 4.79 Å². The van der Waals surface area contributed by atoms with E-state index in [2.05, 4.69) is 28.2 Å². The van der Waals surface area contributed by atoms with E-state index in [1.165, 1.54) is 10.9 Å². The number of aromatic nitrogens is 2. The lowest BCUT2D eigenvalue weighted by molar-refractivity contribution is 0.664. The lowest BCUT2D eigenvalue weighted by atomic mass is 10.4. The smallest absolute Gasteiger partial charge is 0.292 e. The molecule has 1 N–H and O–H groups in total. The molecule has 0 aromatic carbocycles. The van der Waals surface area contributed by atoms with Crippen LogP contribution in [0.15, 0.2) is 11.0 Å². The maximum absolute atomic E-state index is 11.9. The van der Waals surface area contributed by atoms with Crippen LogP contribution in [0.5, 0.6) is 0 Å². The average Bonchev–Trinajstić information content (AvgIpc) is 2.32. The van der Waals surface area contributed by atoms with Gasteiger partial charge in [0.25, 0.3) is 5.56 Å². The molecule has 0 unspecified atom stereocenters. The minimum atomic E-state index is -0.320. The fraction of sp³-hybridized carbons (Fsp3) is 0.333. The van der Waals surface area contributed by atoms with Gasteiger partial charge in [-0.3, -0.25) is 4.79 Å². The molecular weight excluding hydrogens is 238 g/mol. The monoisotopic (exact) mass is 249 g/mol. The Morgan fingerprint density at radius 2 is 2.41 bits per heavy atom. The fourth-order valence-electron chi connectivity index (χ4n) is 1.20. The second kappa shape index (κ2) is 6.62. The van der Waals surface area contributed by atoms with Gasteiger partial charge in [-0.2, -0.15) is 5.10 Å². The molecule has 0 aliphatic carbocycles. The van der Waals surface area contributed by atoms with Gasteiger partial charge in [0.15, 0.2) is 0 Å². The molecule has 0 aliphatic rings. The Balaban J connectivity index is 2.89. The number of anilines is 1. The first-order chi connectivity index (χ1) is 8.20. The number of rotatable bonds is 4. The molecule has 0 bridgehead atoms. The Morgan fingerprint density at radius 3 is 3.06 bits per heavy atom. The van der Waals surface area contributed by atoms with Crippen molar-refractivity contribution in [1.82, 2.24) is 9.78 Å². The molecule has 0 amide bonds. The quantitative estimate of drug-likeness (QED) is 0.647. The van der Waals surface area contributed by atoms with Crippen LogP contribution < -0.4 is 10.9 Å². The number of nitrogens with zero attached hydrogens (tertiary/aromatic N) is 2. The topological polar surface area (TPSA) is 46.9 Å². The number of nitrogens with one attached hydrogen (secondary N) is 1. The highest BCUT2D eigenvalue weighted by atomic mass is 35.5. The van der Waals surface area contributed by atoms with Crippen LogP contribution in [0.2, 0.25) is 5.02 Å². The summed E-state index contributed by atoms with van der Waals surface area (Å²) in [4.78, 5) is 11.9. The van der Waals surface area contributed by atoms with E-state index >= 15 is 0 Å². The summed E-state index contributed by atoms with van der Waals surface area (Å²) in [5, 5.41) is 7.06. The molecule has 17 heavy (non-hydrogen) atoms. The van der Waals surface area contributed by atoms with Crippen molar-refractivity contribution in [3.05, 3.63) is 21.6 Å². The number of halogens is 1. The molecule has 0 spiro atoms. The van der Waals surface area contributed by atoms with Crippen molar-refractivity contribution in [1.29, 1.82) is 0 Å². The van der Waals surface area contributed by atoms with E-state index in [4.69, 9.17) is 18.0 Å². The summed E-state index contributed by atoms with van der Waals surface area (Å²) in [6.07, 6.45) is 7.18. The minimum absolute atomic E-state index is 0.124. The summed E-state index contributed by atoms with van der Waals surface area (Å²) in [7, 11) is 0. The molecule has 0 saturated heterocycles. The van der Waals surface area contributed by atoms with Gasteiger partial charge >= 0.3 is 0 Å². The zero-order chi connectivity index (χ0) is 12.7. The molecular formula is C12H12ClN3O. The van der Waals surface area contributed by atoms with E-state index in [1.807, 2.05) is 0 Å². The van der Waals surface area contributed by atoms with Crippen LogP contribution in [0.4, 0.5) is 5.69 Å². The van der Waals surface area contributed by atoms with E-state index in [0.717, 1.165) is 0 Å². The minimum Gasteiger partial charge on any atom is -0.378 e. The van der Waals surface area contributed by atoms with Crippen molar-refractivity contribution in [3.8, 4) is 24.2 Å². The Morgan fingerprint density at radius 1 is 1.65 bits per heavy atom. The molecule has 0 radical (unpaired) electrons. The van der Waals surface area contributed by atoms with Crippen molar-refractivity contribution in [2.45, 2.75) is 19.9 Å². The summed E-state index contributed by atoms with van der Waals surface area (Å²) in [5.41, 5.74) is -0.00488. The third-order valence-electron chi connectivity index (χ3n) is 1.97. The first kappa shape index (κ1) is 13.2. The summed E-state index contributed by atoms with van der Waals surface area (Å²) in [5.74, 6) is 8.01. The van der Waals surface area contributed by atoms with Crippen molar-refractivity contribution in [2.24, 2.45) is 0 Å². The Labute approximate surface area is 105 Å². The van der Waals surface area contributed by atoms with Gasteiger partial charge in [-0.15, -0.1) is 18.3 Å². The first-order valence-corrected chi connectivity index (χ1v) is 5.41. The maximum Gasteiger partial charge on any atom is 0.292 e. The zero-order valence-electron chi connectivity index (χ0n) is 9.46. The van der Waals surface area contributed by atoms with Gasteiger partial charge in [0.05, 0.1) is 11.2 Å². The number of terminal acetylenes is 1. The summed E-state index contributed by atoms with van der Waals surface area (Å²) < 4.78 is 1.18. The second-order valence-corrected chi connectivity index (χ2v) is 3.55. The highest BCUT2D eigenvalue weighted by Gasteiger charge is 2.08. The molecule has 4 nitrogen and oxygen atoms in total. The molecule has 0 aliphatic heterocycles. The average molecular weight is 250 g/mol. The van der Waals surface area contributed by atoms with Crippen molar-refractivity contribution in [2.75, 3.05) is 11.9 Å². The first-order valence-electron chi connectivity index (χ1n) is 5.03. The van der Waals surface area contributed by atoms with Gasteiger partial charge in [-0.25, -0.2) is 4.68 Å². The molecule has 1 aromatic rings. The fourth-order valence-corrected chi connectivity index (χ4v) is 1.39. The standard InChI is InChI=1S/C12H12ClN3O/c1-3-5-6-7-14-11-10(13)9-15-16(8-4-2)12(11)17/h2,9,14H,6-8H2,1H3. The third-order valence-corrected chi connectivity index (χ3v) is 2.25. The van der Waals surface area contributed by atoms with E-state index < -0.39 is 0 Å². The molecule has 1 heterocycles. The van der Waals surface area contributed by atoms with E-state index in [1.54, 1.807) is 6.92 Å². The second-order valence-electron chi connectivity index (χ2n) is 3.14. The summed E-state index contributed by atoms with van der Waals surface area (Å²) in [6.45, 7) is 2.44. The maximum atomic E-state index is 11.9. The van der Waals surface area contributed by atoms with E-state index in [-0.39, 0.29) is 17.1 Å². The Bertz CT molecular complexity index is 546. The SMILES string of the molecule is C#CCn1ncc(Cl)c(NCCC#CC)c1=O. The van der Waals surface area contributed by atoms with Gasteiger partial charge < -0.3 is 5.32 Å². The van der Waals surface area contributed by atoms with Crippen LogP contribution in [0.25, 0.3) is 0 Å².